The Hall–Kier alpha value is -4.37. The molecular formula is C10H12N10O6. The van der Waals surface area contributed by atoms with Gasteiger partial charge in [0.1, 0.15) is 6.54 Å². The molecule has 6 N–H and O–H groups in total. The molecule has 0 aromatic carbocycles. The highest BCUT2D eigenvalue weighted by Crippen LogP contribution is 1.99. The maximum atomic E-state index is 10.2. The first kappa shape index (κ1) is 19.7. The summed E-state index contributed by atoms with van der Waals surface area (Å²) in [5, 5.41) is 46.6. The van der Waals surface area contributed by atoms with Crippen molar-refractivity contribution in [2.24, 2.45) is 0 Å². The van der Waals surface area contributed by atoms with Crippen LogP contribution in [-0.2, 0) is 11.3 Å². The van der Waals surface area contributed by atoms with E-state index in [1.807, 2.05) is 5.21 Å². The van der Waals surface area contributed by atoms with Gasteiger partial charge in [-0.25, -0.2) is 14.3 Å². The topological polar surface area (TPSA) is 241 Å². The van der Waals surface area contributed by atoms with E-state index in [0.717, 1.165) is 4.79 Å². The van der Waals surface area contributed by atoms with Crippen molar-refractivity contribution in [2.45, 2.75) is 6.54 Å². The standard InChI is InChI=1S/C4H3N3O4.C4H5N3O2.C2H4N4/c8-3(9)1-2(4(10)11)6-7-5-1;8-4(9)3-7-2-1-5-6-7;3-6-2-1-4-5-6/h(H,8,9)(H,10,11)(H,5,6,7);1-2H,3H2,(H,8,9);1-2H,3H2. The van der Waals surface area contributed by atoms with Gasteiger partial charge >= 0.3 is 17.9 Å². The number of nitrogens with two attached hydrogens (primary N) is 1. The minimum absolute atomic E-state index is 0.125. The predicted octanol–water partition coefficient (Wildman–Crippen LogP) is -2.44. The van der Waals surface area contributed by atoms with Crippen LogP contribution in [0.5, 0.6) is 0 Å². The van der Waals surface area contributed by atoms with Gasteiger partial charge < -0.3 is 21.2 Å². The maximum Gasteiger partial charge on any atom is 0.359 e. The van der Waals surface area contributed by atoms with Gasteiger partial charge in [-0.3, -0.25) is 4.79 Å². The van der Waals surface area contributed by atoms with E-state index in [9.17, 15) is 14.4 Å². The molecule has 0 atom stereocenters. The van der Waals surface area contributed by atoms with Gasteiger partial charge in [0.25, 0.3) is 0 Å². The molecule has 0 aliphatic heterocycles. The molecule has 0 aliphatic rings. The number of nitrogens with zero attached hydrogens (tertiary/aromatic N) is 8. The van der Waals surface area contributed by atoms with Crippen LogP contribution in [0.2, 0.25) is 0 Å². The summed E-state index contributed by atoms with van der Waals surface area (Å²) in [5.74, 6) is 1.26. The third-order valence-electron chi connectivity index (χ3n) is 2.16. The van der Waals surface area contributed by atoms with E-state index in [0.29, 0.717) is 0 Å². The Labute approximate surface area is 142 Å². The number of hydrogen-bond acceptors (Lipinski definition) is 10. The highest BCUT2D eigenvalue weighted by atomic mass is 16.4. The first-order valence-corrected chi connectivity index (χ1v) is 6.36. The van der Waals surface area contributed by atoms with Crippen molar-refractivity contribution < 1.29 is 29.7 Å². The van der Waals surface area contributed by atoms with E-state index in [-0.39, 0.29) is 6.54 Å². The average molecular weight is 368 g/mol. The fourth-order valence-electron chi connectivity index (χ4n) is 1.20. The number of hydrogen-bond donors (Lipinski definition) is 5. The Morgan fingerprint density at radius 1 is 0.962 bits per heavy atom. The lowest BCUT2D eigenvalue weighted by molar-refractivity contribution is -0.137. The number of aromatic carboxylic acids is 2. The molecule has 0 radical (unpaired) electrons. The summed E-state index contributed by atoms with van der Waals surface area (Å²) in [6, 6.07) is 0. The molecule has 0 fully saturated rings. The van der Waals surface area contributed by atoms with E-state index in [2.05, 4.69) is 30.8 Å². The minimum Gasteiger partial charge on any atom is -0.480 e. The number of nitrogens with one attached hydrogen (secondary N) is 1. The van der Waals surface area contributed by atoms with Gasteiger partial charge in [0.05, 0.1) is 18.6 Å². The molecule has 0 unspecified atom stereocenters. The third kappa shape index (κ3) is 6.81. The van der Waals surface area contributed by atoms with Crippen LogP contribution in [0.4, 0.5) is 0 Å². The van der Waals surface area contributed by atoms with E-state index < -0.39 is 29.3 Å². The average Bonchev–Trinajstić information content (AvgIpc) is 3.29. The number of nitrogen functional groups attached to an aromatic ring is 1. The molecule has 3 aromatic heterocycles. The van der Waals surface area contributed by atoms with E-state index in [1.54, 1.807) is 6.20 Å². The number of H-pyrrole nitrogens is 1. The van der Waals surface area contributed by atoms with Gasteiger partial charge in [0.15, 0.2) is 0 Å². The lowest BCUT2D eigenvalue weighted by Gasteiger charge is -1.89. The quantitative estimate of drug-likeness (QED) is 0.301. The van der Waals surface area contributed by atoms with Crippen molar-refractivity contribution >= 4 is 17.9 Å². The summed E-state index contributed by atoms with van der Waals surface area (Å²) in [7, 11) is 0. The molecule has 3 rings (SSSR count). The van der Waals surface area contributed by atoms with Gasteiger partial charge in [-0.1, -0.05) is 5.21 Å². The summed E-state index contributed by atoms with van der Waals surface area (Å²) in [4.78, 5) is 31.5. The van der Waals surface area contributed by atoms with Crippen molar-refractivity contribution in [1.82, 2.24) is 45.5 Å². The Morgan fingerprint density at radius 3 is 1.81 bits per heavy atom. The summed E-state index contributed by atoms with van der Waals surface area (Å²) in [5.41, 5.74) is -1.17. The monoisotopic (exact) mass is 368 g/mol. The first-order chi connectivity index (χ1) is 12.3. The largest absolute Gasteiger partial charge is 0.480 e. The van der Waals surface area contributed by atoms with Crippen LogP contribution in [0.1, 0.15) is 21.0 Å². The summed E-state index contributed by atoms with van der Waals surface area (Å²) < 4.78 is 1.24. The van der Waals surface area contributed by atoms with E-state index in [4.69, 9.17) is 21.2 Å². The van der Waals surface area contributed by atoms with Crippen molar-refractivity contribution in [3.63, 3.8) is 0 Å². The zero-order valence-corrected chi connectivity index (χ0v) is 12.7. The molecule has 16 heteroatoms. The Morgan fingerprint density at radius 2 is 1.50 bits per heavy atom. The zero-order chi connectivity index (χ0) is 19.5. The van der Waals surface area contributed by atoms with Crippen LogP contribution < -0.4 is 5.84 Å². The molecule has 0 saturated heterocycles. The normalized spacial score (nSPS) is 9.23. The molecule has 26 heavy (non-hydrogen) atoms. The lowest BCUT2D eigenvalue weighted by atomic mass is 10.3. The predicted molar refractivity (Wildman–Crippen MR) is 78.1 cm³/mol. The highest BCUT2D eigenvalue weighted by Gasteiger charge is 2.20. The lowest BCUT2D eigenvalue weighted by Crippen LogP contribution is -2.08. The fraction of sp³-hybridized carbons (Fsp3) is 0.100. The summed E-state index contributed by atoms with van der Waals surface area (Å²) >= 11 is 0. The molecule has 0 bridgehead atoms. The number of aromatic nitrogens is 9. The number of carboxylic acid groups (broad SMARTS) is 3. The van der Waals surface area contributed by atoms with Crippen molar-refractivity contribution in [3.8, 4) is 0 Å². The van der Waals surface area contributed by atoms with Crippen molar-refractivity contribution in [3.05, 3.63) is 36.2 Å². The SMILES string of the molecule is Nn1ccnn1.O=C(O)Cn1ccnn1.O=C(O)c1n[nH]nc1C(=O)O. The molecule has 0 aliphatic carbocycles. The van der Waals surface area contributed by atoms with E-state index >= 15 is 0 Å². The van der Waals surface area contributed by atoms with Gasteiger partial charge in [-0.05, 0) is 5.21 Å². The van der Waals surface area contributed by atoms with Crippen LogP contribution in [-0.4, -0.2) is 78.7 Å². The Kier molecular flexibility index (Phi) is 7.34. The third-order valence-corrected chi connectivity index (χ3v) is 2.16. The molecule has 0 saturated carbocycles. The first-order valence-electron chi connectivity index (χ1n) is 6.36. The molecule has 0 spiro atoms. The second kappa shape index (κ2) is 9.70. The van der Waals surface area contributed by atoms with Gasteiger partial charge in [-0.15, -0.1) is 20.4 Å². The summed E-state index contributed by atoms with van der Waals surface area (Å²) in [6.45, 7) is -0.125. The van der Waals surface area contributed by atoms with Crippen molar-refractivity contribution in [2.75, 3.05) is 5.84 Å². The van der Waals surface area contributed by atoms with E-state index in [1.165, 1.54) is 23.3 Å². The van der Waals surface area contributed by atoms with Crippen LogP contribution in [0.15, 0.2) is 24.8 Å². The highest BCUT2D eigenvalue weighted by molar-refractivity contribution is 5.98. The number of carboxylic acids is 3. The molecule has 0 amide bonds. The molecule has 138 valence electrons. The second-order valence-corrected chi connectivity index (χ2v) is 4.01. The number of rotatable bonds is 4. The van der Waals surface area contributed by atoms with Crippen LogP contribution >= 0.6 is 0 Å². The number of aliphatic carboxylic acids is 1. The van der Waals surface area contributed by atoms with Gasteiger partial charge in [0.2, 0.25) is 11.4 Å². The Bertz CT molecular complexity index is 798. The van der Waals surface area contributed by atoms with Crippen LogP contribution in [0, 0.1) is 0 Å². The number of carbonyl (C=O) groups is 3. The van der Waals surface area contributed by atoms with Gasteiger partial charge in [-0.2, -0.15) is 10.0 Å². The fourth-order valence-corrected chi connectivity index (χ4v) is 1.20. The zero-order valence-electron chi connectivity index (χ0n) is 12.7. The molecule has 3 aromatic rings. The molecular weight excluding hydrogens is 356 g/mol. The number of aromatic amines is 1. The van der Waals surface area contributed by atoms with Crippen LogP contribution in [0.3, 0.4) is 0 Å². The maximum absolute atomic E-state index is 10.2. The van der Waals surface area contributed by atoms with Crippen molar-refractivity contribution in [1.29, 1.82) is 0 Å². The minimum atomic E-state index is -1.42. The van der Waals surface area contributed by atoms with Gasteiger partial charge in [0, 0.05) is 6.20 Å². The van der Waals surface area contributed by atoms with Crippen LogP contribution in [0.25, 0.3) is 0 Å². The molecule has 16 nitrogen and oxygen atoms in total. The summed E-state index contributed by atoms with van der Waals surface area (Å²) in [6.07, 6.45) is 6.00. The smallest absolute Gasteiger partial charge is 0.359 e. The Balaban J connectivity index is 0.000000203. The molecule has 3 heterocycles. The second-order valence-electron chi connectivity index (χ2n) is 4.01.